The van der Waals surface area contributed by atoms with Crippen LogP contribution in [0.3, 0.4) is 0 Å². The highest BCUT2D eigenvalue weighted by Gasteiger charge is 2.31. The number of hydrogen-bond acceptors (Lipinski definition) is 4. The van der Waals surface area contributed by atoms with Gasteiger partial charge in [-0.15, -0.1) is 0 Å². The molecule has 1 N–H and O–H groups in total. The first-order valence-electron chi connectivity index (χ1n) is 9.69. The van der Waals surface area contributed by atoms with Gasteiger partial charge in [-0.2, -0.15) is 13.2 Å². The number of fused-ring (bicyclic) bond motifs is 1. The third-order valence-corrected chi connectivity index (χ3v) is 4.45. The van der Waals surface area contributed by atoms with Gasteiger partial charge in [-0.05, 0) is 36.4 Å². The molecule has 3 rings (SSSR count). The van der Waals surface area contributed by atoms with E-state index < -0.39 is 47.2 Å². The summed E-state index contributed by atoms with van der Waals surface area (Å²) >= 11 is 0. The van der Waals surface area contributed by atoms with E-state index in [1.807, 2.05) is 0 Å². The second-order valence-corrected chi connectivity index (χ2v) is 6.13. The molecule has 1 heterocycles. The maximum atomic E-state index is 13.2. The van der Waals surface area contributed by atoms with Crippen LogP contribution in [0.2, 0.25) is 0 Å². The summed E-state index contributed by atoms with van der Waals surface area (Å²) in [5.74, 6) is -2.08. The highest BCUT2D eigenvalue weighted by Crippen LogP contribution is 2.35. The predicted molar refractivity (Wildman–Crippen MR) is 102 cm³/mol. The average molecular weight is 409 g/mol. The number of benzene rings is 2. The minimum absolute atomic E-state index is 0.00152. The SMILES string of the molecule is [2H]C([2H])([2H])N(C(=O)c1c(O)c2c(OC)cccc2n(C)c1=O)c1ccc(C(F)(F)F)cc1. The number of hydrogen-bond donors (Lipinski definition) is 1. The smallest absolute Gasteiger partial charge is 0.416 e. The number of aromatic nitrogens is 1. The molecule has 9 heteroatoms. The summed E-state index contributed by atoms with van der Waals surface area (Å²) in [7, 11) is 2.62. The van der Waals surface area contributed by atoms with E-state index in [9.17, 15) is 27.9 Å². The Balaban J connectivity index is 2.26. The number of halogens is 3. The number of aromatic hydroxyl groups is 1. The summed E-state index contributed by atoms with van der Waals surface area (Å²) in [6.07, 6.45) is -4.67. The fourth-order valence-corrected chi connectivity index (χ4v) is 2.93. The van der Waals surface area contributed by atoms with Crippen molar-refractivity contribution in [2.45, 2.75) is 6.18 Å². The molecule has 3 aromatic rings. The Kier molecular flexibility index (Phi) is 4.06. The molecule has 0 aliphatic rings. The van der Waals surface area contributed by atoms with E-state index in [1.54, 1.807) is 6.07 Å². The third-order valence-electron chi connectivity index (χ3n) is 4.45. The molecule has 0 saturated heterocycles. The molecule has 0 spiro atoms. The zero-order chi connectivity index (χ0) is 24.0. The number of alkyl halides is 3. The normalized spacial score (nSPS) is 13.5. The van der Waals surface area contributed by atoms with E-state index in [2.05, 4.69) is 0 Å². The van der Waals surface area contributed by atoms with Gasteiger partial charge < -0.3 is 19.3 Å². The molecule has 0 radical (unpaired) electrons. The molecule has 0 atom stereocenters. The first kappa shape index (κ1) is 16.5. The second kappa shape index (κ2) is 7.16. The Morgan fingerprint density at radius 2 is 1.86 bits per heavy atom. The molecule has 0 saturated carbocycles. The highest BCUT2D eigenvalue weighted by atomic mass is 19.4. The van der Waals surface area contributed by atoms with Gasteiger partial charge in [0.05, 0.1) is 23.6 Å². The molecule has 1 aromatic heterocycles. The molecule has 0 fully saturated rings. The number of methoxy groups -OCH3 is 1. The lowest BCUT2D eigenvalue weighted by Gasteiger charge is -2.20. The highest BCUT2D eigenvalue weighted by molar-refractivity contribution is 6.11. The molecular weight excluding hydrogens is 389 g/mol. The minimum Gasteiger partial charge on any atom is -0.506 e. The van der Waals surface area contributed by atoms with Crippen molar-refractivity contribution >= 4 is 22.5 Å². The second-order valence-electron chi connectivity index (χ2n) is 6.13. The largest absolute Gasteiger partial charge is 0.506 e. The van der Waals surface area contributed by atoms with Gasteiger partial charge in [0, 0.05) is 23.8 Å². The van der Waals surface area contributed by atoms with E-state index in [4.69, 9.17) is 8.85 Å². The summed E-state index contributed by atoms with van der Waals surface area (Å²) in [4.78, 5) is 26.3. The van der Waals surface area contributed by atoms with Crippen LogP contribution in [-0.4, -0.2) is 29.7 Å². The molecule has 152 valence electrons. The lowest BCUT2D eigenvalue weighted by Crippen LogP contribution is -2.34. The van der Waals surface area contributed by atoms with Crippen LogP contribution in [0.25, 0.3) is 10.9 Å². The van der Waals surface area contributed by atoms with Gasteiger partial charge in [0.2, 0.25) is 0 Å². The van der Waals surface area contributed by atoms with Gasteiger partial charge in [0.15, 0.2) is 0 Å². The first-order valence-corrected chi connectivity index (χ1v) is 8.19. The van der Waals surface area contributed by atoms with Crippen molar-refractivity contribution < 1.29 is 31.9 Å². The number of pyridine rings is 1. The Hall–Kier alpha value is -3.49. The van der Waals surface area contributed by atoms with Crippen LogP contribution in [-0.2, 0) is 13.2 Å². The third kappa shape index (κ3) is 3.39. The molecule has 1 amide bonds. The van der Waals surface area contributed by atoms with Crippen LogP contribution in [0.5, 0.6) is 11.5 Å². The van der Waals surface area contributed by atoms with Crippen LogP contribution in [0.4, 0.5) is 18.9 Å². The summed E-state index contributed by atoms with van der Waals surface area (Å²) in [6.45, 7) is -3.18. The monoisotopic (exact) mass is 409 g/mol. The van der Waals surface area contributed by atoms with E-state index in [0.717, 1.165) is 16.7 Å². The number of carbonyl (C=O) groups is 1. The van der Waals surface area contributed by atoms with Crippen molar-refractivity contribution in [1.29, 1.82) is 0 Å². The Bertz CT molecular complexity index is 1250. The zero-order valence-electron chi connectivity index (χ0n) is 18.2. The Morgan fingerprint density at radius 1 is 1.21 bits per heavy atom. The van der Waals surface area contributed by atoms with Crippen LogP contribution < -0.4 is 15.2 Å². The van der Waals surface area contributed by atoms with Crippen molar-refractivity contribution in [3.05, 3.63) is 63.9 Å². The van der Waals surface area contributed by atoms with E-state index >= 15 is 0 Å². The van der Waals surface area contributed by atoms with Gasteiger partial charge >= 0.3 is 6.18 Å². The van der Waals surface area contributed by atoms with Gasteiger partial charge in [0.1, 0.15) is 17.1 Å². The van der Waals surface area contributed by atoms with Crippen molar-refractivity contribution in [2.24, 2.45) is 7.05 Å². The predicted octanol–water partition coefficient (Wildman–Crippen LogP) is 3.55. The summed E-state index contributed by atoms with van der Waals surface area (Å²) < 4.78 is 68.0. The molecule has 29 heavy (non-hydrogen) atoms. The topological polar surface area (TPSA) is 71.8 Å². The Labute approximate surface area is 167 Å². The standard InChI is InChI=1S/C20H17F3N2O4/c1-24(12-9-7-11(8-10-12)20(21,22)23)18(27)16-17(26)15-13(25(2)19(16)28)5-4-6-14(15)29-3/h4-10,26H,1-3H3/i1D3. The van der Waals surface area contributed by atoms with Crippen LogP contribution in [0.1, 0.15) is 20.0 Å². The van der Waals surface area contributed by atoms with Crippen molar-refractivity contribution in [3.8, 4) is 11.5 Å². The van der Waals surface area contributed by atoms with Gasteiger partial charge in [0.25, 0.3) is 11.5 Å². The molecule has 0 aliphatic heterocycles. The molecule has 0 unspecified atom stereocenters. The van der Waals surface area contributed by atoms with E-state index in [1.165, 1.54) is 26.3 Å². The fraction of sp³-hybridized carbons (Fsp3) is 0.200. The van der Waals surface area contributed by atoms with Crippen LogP contribution in [0, 0.1) is 0 Å². The van der Waals surface area contributed by atoms with E-state index in [0.29, 0.717) is 12.1 Å². The summed E-state index contributed by atoms with van der Waals surface area (Å²) in [5.41, 5.74) is -3.09. The number of anilines is 1. The number of amides is 1. The van der Waals surface area contributed by atoms with Gasteiger partial charge in [-0.1, -0.05) is 6.07 Å². The van der Waals surface area contributed by atoms with Crippen molar-refractivity contribution in [3.63, 3.8) is 0 Å². The number of nitrogens with zero attached hydrogens (tertiary/aromatic N) is 2. The van der Waals surface area contributed by atoms with Crippen molar-refractivity contribution in [2.75, 3.05) is 19.0 Å². The number of aryl methyl sites for hydroxylation is 1. The lowest BCUT2D eigenvalue weighted by molar-refractivity contribution is -0.137. The zero-order valence-corrected chi connectivity index (χ0v) is 15.2. The Morgan fingerprint density at radius 3 is 2.41 bits per heavy atom. The first-order chi connectivity index (χ1) is 14.8. The summed E-state index contributed by atoms with van der Waals surface area (Å²) in [6, 6.07) is 7.35. The summed E-state index contributed by atoms with van der Waals surface area (Å²) in [5, 5.41) is 10.8. The maximum Gasteiger partial charge on any atom is 0.416 e. The number of rotatable bonds is 3. The molecular formula is C20H17F3N2O4. The maximum absolute atomic E-state index is 13.2. The van der Waals surface area contributed by atoms with Gasteiger partial charge in [-0.3, -0.25) is 9.59 Å². The fourth-order valence-electron chi connectivity index (χ4n) is 2.93. The van der Waals surface area contributed by atoms with E-state index in [-0.39, 0.29) is 21.6 Å². The molecule has 0 bridgehead atoms. The van der Waals surface area contributed by atoms with Crippen molar-refractivity contribution in [1.82, 2.24) is 4.57 Å². The number of ether oxygens (including phenoxy) is 1. The van der Waals surface area contributed by atoms with Crippen LogP contribution >= 0.6 is 0 Å². The lowest BCUT2D eigenvalue weighted by atomic mass is 10.1. The molecule has 0 aliphatic carbocycles. The van der Waals surface area contributed by atoms with Gasteiger partial charge in [-0.25, -0.2) is 0 Å². The quantitative estimate of drug-likeness (QED) is 0.718. The minimum atomic E-state index is -4.67. The van der Waals surface area contributed by atoms with Crippen LogP contribution in [0.15, 0.2) is 47.3 Å². The number of carbonyl (C=O) groups excluding carboxylic acids is 1. The average Bonchev–Trinajstić information content (AvgIpc) is 2.70. The molecule has 2 aromatic carbocycles. The molecule has 6 nitrogen and oxygen atoms in total.